The van der Waals surface area contributed by atoms with Crippen molar-refractivity contribution >= 4 is 5.97 Å². The maximum atomic E-state index is 13.9. The molecule has 0 radical (unpaired) electrons. The fourth-order valence-corrected chi connectivity index (χ4v) is 2.24. The molecule has 0 spiro atoms. The molecule has 16 heavy (non-hydrogen) atoms. The summed E-state index contributed by atoms with van der Waals surface area (Å²) >= 11 is 0. The summed E-state index contributed by atoms with van der Waals surface area (Å²) in [6.45, 7) is 7.14. The summed E-state index contributed by atoms with van der Waals surface area (Å²) in [6.07, 6.45) is -0.0756. The fourth-order valence-electron chi connectivity index (χ4n) is 2.24. The van der Waals surface area contributed by atoms with E-state index in [4.69, 9.17) is 5.11 Å². The standard InChI is InChI=1S/C13H17FO2/c1-8-5-9(2)12(10(14)6-8)13(3,4)7-11(15)16/h5-6H,7H2,1-4H3,(H,15,16). The van der Waals surface area contributed by atoms with Gasteiger partial charge in [-0.1, -0.05) is 19.9 Å². The third kappa shape index (κ3) is 2.60. The molecular weight excluding hydrogens is 207 g/mol. The van der Waals surface area contributed by atoms with Crippen LogP contribution in [0.25, 0.3) is 0 Å². The van der Waals surface area contributed by atoms with Gasteiger partial charge in [0.15, 0.2) is 0 Å². The van der Waals surface area contributed by atoms with Gasteiger partial charge in [0.1, 0.15) is 5.82 Å². The van der Waals surface area contributed by atoms with E-state index in [1.54, 1.807) is 13.8 Å². The van der Waals surface area contributed by atoms with Crippen molar-refractivity contribution < 1.29 is 14.3 Å². The van der Waals surface area contributed by atoms with E-state index in [1.807, 2.05) is 19.9 Å². The predicted octanol–water partition coefficient (Wildman–Crippen LogP) is 3.19. The minimum atomic E-state index is -0.913. The van der Waals surface area contributed by atoms with Crippen molar-refractivity contribution in [2.75, 3.05) is 0 Å². The Labute approximate surface area is 95.1 Å². The molecule has 0 aliphatic rings. The molecule has 0 fully saturated rings. The number of rotatable bonds is 3. The minimum absolute atomic E-state index is 0.0756. The number of aliphatic carboxylic acids is 1. The molecule has 0 bridgehead atoms. The van der Waals surface area contributed by atoms with Gasteiger partial charge < -0.3 is 5.11 Å². The zero-order valence-electron chi connectivity index (χ0n) is 10.1. The Kier molecular flexibility index (Phi) is 3.36. The second kappa shape index (κ2) is 4.24. The van der Waals surface area contributed by atoms with E-state index in [1.165, 1.54) is 6.07 Å². The Morgan fingerprint density at radius 2 is 1.94 bits per heavy atom. The lowest BCUT2D eigenvalue weighted by Crippen LogP contribution is -2.24. The van der Waals surface area contributed by atoms with Crippen LogP contribution in [0.2, 0.25) is 0 Å². The van der Waals surface area contributed by atoms with Crippen LogP contribution in [0.15, 0.2) is 12.1 Å². The number of hydrogen-bond acceptors (Lipinski definition) is 1. The molecule has 0 aliphatic heterocycles. The Morgan fingerprint density at radius 3 is 2.38 bits per heavy atom. The second-order valence-corrected chi connectivity index (χ2v) is 4.89. The molecule has 0 saturated carbocycles. The van der Waals surface area contributed by atoms with Crippen molar-refractivity contribution in [3.05, 3.63) is 34.6 Å². The van der Waals surface area contributed by atoms with Crippen LogP contribution >= 0.6 is 0 Å². The van der Waals surface area contributed by atoms with Crippen molar-refractivity contribution in [2.45, 2.75) is 39.5 Å². The topological polar surface area (TPSA) is 37.3 Å². The van der Waals surface area contributed by atoms with Crippen LogP contribution in [0, 0.1) is 19.7 Å². The first-order valence-corrected chi connectivity index (χ1v) is 5.23. The van der Waals surface area contributed by atoms with Gasteiger partial charge in [0.2, 0.25) is 0 Å². The first-order valence-electron chi connectivity index (χ1n) is 5.23. The van der Waals surface area contributed by atoms with Crippen molar-refractivity contribution in [1.29, 1.82) is 0 Å². The van der Waals surface area contributed by atoms with E-state index in [0.29, 0.717) is 5.56 Å². The van der Waals surface area contributed by atoms with Crippen LogP contribution in [0.5, 0.6) is 0 Å². The van der Waals surface area contributed by atoms with Crippen LogP contribution in [0.3, 0.4) is 0 Å². The average molecular weight is 224 g/mol. The maximum absolute atomic E-state index is 13.9. The zero-order valence-corrected chi connectivity index (χ0v) is 10.1. The van der Waals surface area contributed by atoms with E-state index < -0.39 is 11.4 Å². The van der Waals surface area contributed by atoms with E-state index in [9.17, 15) is 9.18 Å². The summed E-state index contributed by atoms with van der Waals surface area (Å²) in [5, 5.41) is 8.82. The number of carboxylic acid groups (broad SMARTS) is 1. The van der Waals surface area contributed by atoms with Gasteiger partial charge in [-0.2, -0.15) is 0 Å². The van der Waals surface area contributed by atoms with E-state index in [-0.39, 0.29) is 12.2 Å². The van der Waals surface area contributed by atoms with Gasteiger partial charge in [0, 0.05) is 5.41 Å². The molecule has 0 unspecified atom stereocenters. The average Bonchev–Trinajstić information content (AvgIpc) is 1.96. The highest BCUT2D eigenvalue weighted by Gasteiger charge is 2.28. The molecule has 1 aromatic carbocycles. The summed E-state index contributed by atoms with van der Waals surface area (Å²) in [4.78, 5) is 10.8. The molecule has 0 aliphatic carbocycles. The summed E-state index contributed by atoms with van der Waals surface area (Å²) in [5.41, 5.74) is 1.47. The van der Waals surface area contributed by atoms with Gasteiger partial charge in [-0.25, -0.2) is 4.39 Å². The molecule has 1 aromatic rings. The lowest BCUT2D eigenvalue weighted by molar-refractivity contribution is -0.138. The van der Waals surface area contributed by atoms with Gasteiger partial charge in [0.25, 0.3) is 0 Å². The van der Waals surface area contributed by atoms with Gasteiger partial charge in [-0.3, -0.25) is 4.79 Å². The maximum Gasteiger partial charge on any atom is 0.304 e. The Bertz CT molecular complexity index is 399. The molecule has 0 heterocycles. The number of carbonyl (C=O) groups is 1. The number of hydrogen-bond donors (Lipinski definition) is 1. The molecule has 88 valence electrons. The SMILES string of the molecule is Cc1cc(C)c(C(C)(C)CC(=O)O)c(F)c1. The quantitative estimate of drug-likeness (QED) is 0.856. The summed E-state index contributed by atoms with van der Waals surface area (Å²) in [6, 6.07) is 3.33. The molecule has 3 heteroatoms. The van der Waals surface area contributed by atoms with Crippen LogP contribution < -0.4 is 0 Å². The second-order valence-electron chi connectivity index (χ2n) is 4.89. The lowest BCUT2D eigenvalue weighted by Gasteiger charge is -2.26. The molecular formula is C13H17FO2. The number of aryl methyl sites for hydroxylation is 2. The summed E-state index contributed by atoms with van der Waals surface area (Å²) < 4.78 is 13.9. The fraction of sp³-hybridized carbons (Fsp3) is 0.462. The van der Waals surface area contributed by atoms with Gasteiger partial charge in [-0.15, -0.1) is 0 Å². The summed E-state index contributed by atoms with van der Waals surface area (Å²) in [5.74, 6) is -1.23. The predicted molar refractivity (Wildman–Crippen MR) is 61.2 cm³/mol. The highest BCUT2D eigenvalue weighted by atomic mass is 19.1. The number of benzene rings is 1. The van der Waals surface area contributed by atoms with Crippen LogP contribution in [-0.4, -0.2) is 11.1 Å². The molecule has 0 atom stereocenters. The zero-order chi connectivity index (χ0) is 12.5. The Morgan fingerprint density at radius 1 is 1.38 bits per heavy atom. The Balaban J connectivity index is 3.27. The minimum Gasteiger partial charge on any atom is -0.481 e. The first kappa shape index (κ1) is 12.7. The van der Waals surface area contributed by atoms with Gasteiger partial charge >= 0.3 is 5.97 Å². The van der Waals surface area contributed by atoms with E-state index in [0.717, 1.165) is 11.1 Å². The van der Waals surface area contributed by atoms with E-state index in [2.05, 4.69) is 0 Å². The largest absolute Gasteiger partial charge is 0.481 e. The number of carboxylic acids is 1. The normalized spacial score (nSPS) is 11.6. The highest BCUT2D eigenvalue weighted by Crippen LogP contribution is 2.32. The van der Waals surface area contributed by atoms with Crippen LogP contribution in [0.1, 0.15) is 37.0 Å². The van der Waals surface area contributed by atoms with E-state index >= 15 is 0 Å². The van der Waals surface area contributed by atoms with Crippen molar-refractivity contribution in [2.24, 2.45) is 0 Å². The van der Waals surface area contributed by atoms with Crippen molar-refractivity contribution in [1.82, 2.24) is 0 Å². The third-order valence-electron chi connectivity index (χ3n) is 2.70. The Hall–Kier alpha value is -1.38. The van der Waals surface area contributed by atoms with Crippen molar-refractivity contribution in [3.63, 3.8) is 0 Å². The first-order chi connectivity index (χ1) is 7.24. The number of halogens is 1. The van der Waals surface area contributed by atoms with Crippen LogP contribution in [-0.2, 0) is 10.2 Å². The third-order valence-corrected chi connectivity index (χ3v) is 2.70. The molecule has 0 saturated heterocycles. The van der Waals surface area contributed by atoms with Crippen LogP contribution in [0.4, 0.5) is 4.39 Å². The van der Waals surface area contributed by atoms with Gasteiger partial charge in [0.05, 0.1) is 6.42 Å². The molecule has 2 nitrogen and oxygen atoms in total. The lowest BCUT2D eigenvalue weighted by atomic mass is 9.78. The smallest absolute Gasteiger partial charge is 0.304 e. The molecule has 0 aromatic heterocycles. The summed E-state index contributed by atoms with van der Waals surface area (Å²) in [7, 11) is 0. The monoisotopic (exact) mass is 224 g/mol. The van der Waals surface area contributed by atoms with Gasteiger partial charge in [-0.05, 0) is 36.6 Å². The molecule has 0 amide bonds. The highest BCUT2D eigenvalue weighted by molar-refractivity contribution is 5.69. The molecule has 1 rings (SSSR count). The molecule has 1 N–H and O–H groups in total. The van der Waals surface area contributed by atoms with Crippen molar-refractivity contribution in [3.8, 4) is 0 Å².